The molecule has 9 heteroatoms. The van der Waals surface area contributed by atoms with Crippen molar-refractivity contribution >= 4 is 33.3 Å². The van der Waals surface area contributed by atoms with Gasteiger partial charge in [-0.3, -0.25) is 14.3 Å². The summed E-state index contributed by atoms with van der Waals surface area (Å²) in [5, 5.41) is 26.3. The zero-order valence-electron chi connectivity index (χ0n) is 20.1. The number of nitrogens with one attached hydrogen (secondary N) is 2. The van der Waals surface area contributed by atoms with Crippen molar-refractivity contribution in [3.05, 3.63) is 82.8 Å². The lowest BCUT2D eigenvalue weighted by molar-refractivity contribution is 0.0588. The maximum Gasteiger partial charge on any atom is 0.276 e. The molecular formula is C27H25N5O4. The summed E-state index contributed by atoms with van der Waals surface area (Å²) >= 11 is 0. The van der Waals surface area contributed by atoms with Gasteiger partial charge in [0.15, 0.2) is 5.69 Å². The first kappa shape index (κ1) is 23.3. The van der Waals surface area contributed by atoms with E-state index in [-0.39, 0.29) is 23.7 Å². The van der Waals surface area contributed by atoms with Gasteiger partial charge < -0.3 is 15.2 Å². The zero-order chi connectivity index (χ0) is 25.4. The van der Waals surface area contributed by atoms with E-state index in [1.807, 2.05) is 36.4 Å². The van der Waals surface area contributed by atoms with Crippen molar-refractivity contribution < 1.29 is 14.6 Å². The van der Waals surface area contributed by atoms with Crippen molar-refractivity contribution in [1.29, 1.82) is 0 Å². The van der Waals surface area contributed by atoms with Crippen LogP contribution in [0, 0.1) is 0 Å². The predicted octanol–water partition coefficient (Wildman–Crippen LogP) is 3.97. The van der Waals surface area contributed by atoms with E-state index in [0.29, 0.717) is 33.3 Å². The minimum absolute atomic E-state index is 0.251. The SMILES string of the molecule is COc1ccc2c(-c3ccc(NC(=O)c4nn(CC(C)(C)O)c5ccccc45)cc3)n[nH]c(=O)c2c1. The molecule has 0 bridgehead atoms. The van der Waals surface area contributed by atoms with Gasteiger partial charge in [-0.05, 0) is 50.2 Å². The van der Waals surface area contributed by atoms with Gasteiger partial charge in [0.25, 0.3) is 11.5 Å². The minimum atomic E-state index is -0.983. The van der Waals surface area contributed by atoms with Crippen molar-refractivity contribution in [2.75, 3.05) is 12.4 Å². The van der Waals surface area contributed by atoms with Crippen LogP contribution in [-0.4, -0.2) is 43.7 Å². The Labute approximate surface area is 206 Å². The van der Waals surface area contributed by atoms with E-state index in [1.165, 1.54) is 0 Å². The third-order valence-electron chi connectivity index (χ3n) is 5.82. The molecule has 0 aliphatic rings. The smallest absolute Gasteiger partial charge is 0.276 e. The van der Waals surface area contributed by atoms with Crippen LogP contribution in [0.2, 0.25) is 0 Å². The number of fused-ring (bicyclic) bond motifs is 2. The van der Waals surface area contributed by atoms with Crippen molar-refractivity contribution in [3.8, 4) is 17.0 Å². The van der Waals surface area contributed by atoms with Gasteiger partial charge in [0, 0.05) is 22.0 Å². The predicted molar refractivity (Wildman–Crippen MR) is 138 cm³/mol. The first-order valence-electron chi connectivity index (χ1n) is 11.4. The maximum absolute atomic E-state index is 13.1. The molecule has 9 nitrogen and oxygen atoms in total. The van der Waals surface area contributed by atoms with Crippen LogP contribution in [0.5, 0.6) is 5.75 Å². The average molecular weight is 484 g/mol. The molecule has 2 aromatic heterocycles. The number of hydrogen-bond acceptors (Lipinski definition) is 6. The third kappa shape index (κ3) is 4.44. The number of aromatic nitrogens is 4. The molecule has 0 aliphatic carbocycles. The van der Waals surface area contributed by atoms with Crippen molar-refractivity contribution in [1.82, 2.24) is 20.0 Å². The van der Waals surface area contributed by atoms with E-state index in [0.717, 1.165) is 11.1 Å². The summed E-state index contributed by atoms with van der Waals surface area (Å²) in [5.41, 5.74) is 1.74. The van der Waals surface area contributed by atoms with Crippen LogP contribution in [0.3, 0.4) is 0 Å². The number of carbonyl (C=O) groups is 1. The van der Waals surface area contributed by atoms with E-state index in [1.54, 1.807) is 56.0 Å². The summed E-state index contributed by atoms with van der Waals surface area (Å²) < 4.78 is 6.88. The lowest BCUT2D eigenvalue weighted by Gasteiger charge is -2.17. The lowest BCUT2D eigenvalue weighted by atomic mass is 10.0. The first-order valence-corrected chi connectivity index (χ1v) is 11.4. The number of rotatable bonds is 6. The standard InChI is InChI=1S/C27H25N5O4/c1-27(2,35)15-32-22-7-5-4-6-20(22)24(31-32)26(34)28-17-10-8-16(9-11-17)23-19-13-12-18(36-3)14-21(19)25(33)30-29-23/h4-14,35H,15H2,1-3H3,(H,28,34)(H,30,33). The van der Waals surface area contributed by atoms with Crippen molar-refractivity contribution in [2.45, 2.75) is 26.0 Å². The molecule has 182 valence electrons. The van der Waals surface area contributed by atoms with Crippen molar-refractivity contribution in [3.63, 3.8) is 0 Å². The fraction of sp³-hybridized carbons (Fsp3) is 0.185. The summed E-state index contributed by atoms with van der Waals surface area (Å²) in [7, 11) is 1.55. The van der Waals surface area contributed by atoms with Crippen molar-refractivity contribution in [2.24, 2.45) is 0 Å². The third-order valence-corrected chi connectivity index (χ3v) is 5.82. The highest BCUT2D eigenvalue weighted by Crippen LogP contribution is 2.28. The Hall–Kier alpha value is -4.50. The van der Waals surface area contributed by atoms with Crippen LogP contribution >= 0.6 is 0 Å². The molecule has 5 rings (SSSR count). The topological polar surface area (TPSA) is 122 Å². The molecule has 3 N–H and O–H groups in total. The second-order valence-electron chi connectivity index (χ2n) is 9.18. The summed E-state index contributed by atoms with van der Waals surface area (Å²) in [6.07, 6.45) is 0. The van der Waals surface area contributed by atoms with Gasteiger partial charge in [0.1, 0.15) is 5.75 Å². The molecule has 0 aliphatic heterocycles. The molecule has 2 heterocycles. The molecule has 1 amide bonds. The molecule has 0 unspecified atom stereocenters. The Morgan fingerprint density at radius 1 is 1.06 bits per heavy atom. The highest BCUT2D eigenvalue weighted by atomic mass is 16.5. The number of para-hydroxylation sites is 1. The highest BCUT2D eigenvalue weighted by molar-refractivity contribution is 6.11. The highest BCUT2D eigenvalue weighted by Gasteiger charge is 2.21. The molecule has 0 spiro atoms. The number of aliphatic hydroxyl groups is 1. The Bertz CT molecular complexity index is 1650. The number of ether oxygens (including phenoxy) is 1. The number of anilines is 1. The first-order chi connectivity index (χ1) is 17.2. The fourth-order valence-electron chi connectivity index (χ4n) is 4.18. The summed E-state index contributed by atoms with van der Waals surface area (Å²) in [5.74, 6) is 0.230. The number of methoxy groups -OCH3 is 1. The van der Waals surface area contributed by atoms with E-state index in [9.17, 15) is 14.7 Å². The van der Waals surface area contributed by atoms with Gasteiger partial charge in [-0.2, -0.15) is 10.2 Å². The molecule has 5 aromatic rings. The molecule has 3 aromatic carbocycles. The van der Waals surface area contributed by atoms with Gasteiger partial charge in [-0.1, -0.05) is 30.3 Å². The van der Waals surface area contributed by atoms with Gasteiger partial charge in [-0.15, -0.1) is 0 Å². The van der Waals surface area contributed by atoms with Gasteiger partial charge >= 0.3 is 0 Å². The summed E-state index contributed by atoms with van der Waals surface area (Å²) in [6.45, 7) is 3.64. The molecule has 0 radical (unpaired) electrons. The number of H-pyrrole nitrogens is 1. The van der Waals surface area contributed by atoms with E-state index >= 15 is 0 Å². The number of nitrogens with zero attached hydrogens (tertiary/aromatic N) is 3. The van der Waals surface area contributed by atoms with Crippen LogP contribution in [0.4, 0.5) is 5.69 Å². The van der Waals surface area contributed by atoms with Gasteiger partial charge in [0.2, 0.25) is 0 Å². The quantitative estimate of drug-likeness (QED) is 0.336. The number of aromatic amines is 1. The largest absolute Gasteiger partial charge is 0.497 e. The van der Waals surface area contributed by atoms with Crippen LogP contribution in [0.15, 0.2) is 71.5 Å². The molecule has 0 saturated heterocycles. The average Bonchev–Trinajstić information content (AvgIpc) is 3.22. The molecule has 0 fully saturated rings. The van der Waals surface area contributed by atoms with Crippen LogP contribution in [0.25, 0.3) is 32.9 Å². The zero-order valence-corrected chi connectivity index (χ0v) is 20.1. The summed E-state index contributed by atoms with van der Waals surface area (Å²) in [6, 6.07) is 19.9. The lowest BCUT2D eigenvalue weighted by Crippen LogP contribution is -2.27. The van der Waals surface area contributed by atoms with E-state index in [2.05, 4.69) is 20.6 Å². The Balaban J connectivity index is 1.43. The second kappa shape index (κ2) is 8.94. The number of amides is 1. The monoisotopic (exact) mass is 483 g/mol. The number of carbonyl (C=O) groups excluding carboxylic acids is 1. The molecule has 36 heavy (non-hydrogen) atoms. The Morgan fingerprint density at radius 3 is 2.53 bits per heavy atom. The molecule has 0 saturated carbocycles. The van der Waals surface area contributed by atoms with E-state index in [4.69, 9.17) is 4.74 Å². The Kier molecular flexibility index (Phi) is 5.77. The van der Waals surface area contributed by atoms with Crippen LogP contribution < -0.4 is 15.6 Å². The fourth-order valence-corrected chi connectivity index (χ4v) is 4.18. The van der Waals surface area contributed by atoms with Crippen LogP contribution in [-0.2, 0) is 6.54 Å². The van der Waals surface area contributed by atoms with E-state index < -0.39 is 5.60 Å². The second-order valence-corrected chi connectivity index (χ2v) is 9.18. The number of hydrogen-bond donors (Lipinski definition) is 3. The summed E-state index contributed by atoms with van der Waals surface area (Å²) in [4.78, 5) is 25.4. The molecular weight excluding hydrogens is 458 g/mol. The maximum atomic E-state index is 13.1. The number of benzene rings is 3. The Morgan fingerprint density at radius 2 is 1.81 bits per heavy atom. The minimum Gasteiger partial charge on any atom is -0.497 e. The normalized spacial score (nSPS) is 11.7. The van der Waals surface area contributed by atoms with Crippen LogP contribution in [0.1, 0.15) is 24.3 Å². The van der Waals surface area contributed by atoms with Gasteiger partial charge in [-0.25, -0.2) is 5.10 Å². The molecule has 0 atom stereocenters. The van der Waals surface area contributed by atoms with Gasteiger partial charge in [0.05, 0.1) is 35.9 Å².